The lowest BCUT2D eigenvalue weighted by atomic mass is 10.2. The Balaban J connectivity index is 1.39. The zero-order valence-electron chi connectivity index (χ0n) is 12.3. The maximum atomic E-state index is 5.76. The van der Waals surface area contributed by atoms with Crippen molar-refractivity contribution in [3.63, 3.8) is 0 Å². The molecule has 0 radical (unpaired) electrons. The molecule has 2 aliphatic carbocycles. The van der Waals surface area contributed by atoms with E-state index >= 15 is 0 Å². The lowest BCUT2D eigenvalue weighted by Crippen LogP contribution is -2.33. The Hall–Kier alpha value is -1.46. The predicted molar refractivity (Wildman–Crippen MR) is 83.8 cm³/mol. The van der Waals surface area contributed by atoms with Crippen LogP contribution in [0, 0.1) is 0 Å². The van der Waals surface area contributed by atoms with Crippen molar-refractivity contribution in [2.24, 2.45) is 21.5 Å². The highest BCUT2D eigenvalue weighted by Gasteiger charge is 2.21. The molecular weight excluding hydrogens is 252 g/mol. The van der Waals surface area contributed by atoms with E-state index in [1.54, 1.807) is 0 Å². The van der Waals surface area contributed by atoms with Crippen LogP contribution >= 0.6 is 0 Å². The third-order valence-electron chi connectivity index (χ3n) is 3.49. The van der Waals surface area contributed by atoms with E-state index in [0.29, 0.717) is 24.0 Å². The summed E-state index contributed by atoms with van der Waals surface area (Å²) in [5, 5.41) is 6.37. The van der Waals surface area contributed by atoms with Gasteiger partial charge in [0.15, 0.2) is 11.9 Å². The summed E-state index contributed by atoms with van der Waals surface area (Å²) in [5.41, 5.74) is 11.5. The number of aliphatic imine (C=N–C) groups is 2. The molecule has 2 saturated carbocycles. The summed E-state index contributed by atoms with van der Waals surface area (Å²) in [6.45, 7) is 1.64. The molecule has 2 rings (SSSR count). The van der Waals surface area contributed by atoms with Crippen LogP contribution in [-0.2, 0) is 0 Å². The van der Waals surface area contributed by atoms with Gasteiger partial charge in [0, 0.05) is 25.2 Å². The van der Waals surface area contributed by atoms with Crippen molar-refractivity contribution < 1.29 is 0 Å². The van der Waals surface area contributed by atoms with Crippen LogP contribution in [0.5, 0.6) is 0 Å². The Morgan fingerprint density at radius 3 is 1.50 bits per heavy atom. The van der Waals surface area contributed by atoms with Crippen LogP contribution in [0.3, 0.4) is 0 Å². The highest BCUT2D eigenvalue weighted by molar-refractivity contribution is 5.78. The fourth-order valence-corrected chi connectivity index (χ4v) is 1.94. The molecule has 0 bridgehead atoms. The lowest BCUT2D eigenvalue weighted by molar-refractivity contribution is 0.651. The molecular formula is C14H28N6. The third kappa shape index (κ3) is 7.21. The predicted octanol–water partition coefficient (Wildman–Crippen LogP) is 0.680. The Labute approximate surface area is 121 Å². The maximum Gasteiger partial charge on any atom is 0.188 e. The number of hydrogen-bond donors (Lipinski definition) is 4. The molecule has 2 aliphatic rings. The highest BCUT2D eigenvalue weighted by atomic mass is 15.1. The smallest absolute Gasteiger partial charge is 0.188 e. The van der Waals surface area contributed by atoms with Gasteiger partial charge in [0.05, 0.1) is 0 Å². The Morgan fingerprint density at radius 2 is 1.15 bits per heavy atom. The summed E-state index contributed by atoms with van der Waals surface area (Å²) >= 11 is 0. The minimum absolute atomic E-state index is 0.589. The molecule has 0 amide bonds. The largest absolute Gasteiger partial charge is 0.370 e. The number of hydrogen-bond acceptors (Lipinski definition) is 2. The van der Waals surface area contributed by atoms with E-state index < -0.39 is 0 Å². The summed E-state index contributed by atoms with van der Waals surface area (Å²) in [7, 11) is 0. The molecule has 0 spiro atoms. The van der Waals surface area contributed by atoms with Gasteiger partial charge < -0.3 is 22.1 Å². The molecule has 0 aliphatic heterocycles. The molecule has 0 aromatic carbocycles. The average Bonchev–Trinajstić information content (AvgIpc) is 3.29. The van der Waals surface area contributed by atoms with Gasteiger partial charge in [0.1, 0.15) is 0 Å². The average molecular weight is 280 g/mol. The van der Waals surface area contributed by atoms with Crippen molar-refractivity contribution >= 4 is 11.9 Å². The molecule has 6 heteroatoms. The fraction of sp³-hybridized carbons (Fsp3) is 0.857. The monoisotopic (exact) mass is 280 g/mol. The van der Waals surface area contributed by atoms with Crippen molar-refractivity contribution in [2.45, 2.75) is 63.5 Å². The highest BCUT2D eigenvalue weighted by Crippen LogP contribution is 2.18. The number of unbranched alkanes of at least 4 members (excludes halogenated alkanes) is 3. The van der Waals surface area contributed by atoms with Crippen molar-refractivity contribution in [1.82, 2.24) is 10.6 Å². The Bertz CT molecular complexity index is 310. The standard InChI is InChI=1S/C14H28N6/c15-13(19-11-5-6-11)17-9-3-1-2-4-10-18-14(16)20-12-7-8-12/h11-12H,1-10H2,(H3,15,17,19)(H3,16,18,20). The Morgan fingerprint density at radius 1 is 0.750 bits per heavy atom. The second kappa shape index (κ2) is 7.97. The van der Waals surface area contributed by atoms with Crippen LogP contribution in [0.25, 0.3) is 0 Å². The van der Waals surface area contributed by atoms with E-state index in [4.69, 9.17) is 11.5 Å². The first-order valence-electron chi connectivity index (χ1n) is 7.87. The minimum Gasteiger partial charge on any atom is -0.370 e. The molecule has 6 nitrogen and oxygen atoms in total. The van der Waals surface area contributed by atoms with E-state index in [9.17, 15) is 0 Å². The summed E-state index contributed by atoms with van der Waals surface area (Å²) in [5.74, 6) is 1.21. The summed E-state index contributed by atoms with van der Waals surface area (Å²) in [6, 6.07) is 1.18. The summed E-state index contributed by atoms with van der Waals surface area (Å²) in [6.07, 6.45) is 9.45. The van der Waals surface area contributed by atoms with Gasteiger partial charge in [-0.05, 0) is 38.5 Å². The first kappa shape index (κ1) is 14.9. The minimum atomic E-state index is 0.589. The molecule has 0 aromatic heterocycles. The second-order valence-electron chi connectivity index (χ2n) is 5.79. The van der Waals surface area contributed by atoms with Crippen LogP contribution in [0.4, 0.5) is 0 Å². The molecule has 0 unspecified atom stereocenters. The quantitative estimate of drug-likeness (QED) is 0.283. The van der Waals surface area contributed by atoms with Crippen LogP contribution in [0.15, 0.2) is 9.98 Å². The van der Waals surface area contributed by atoms with Gasteiger partial charge in [-0.1, -0.05) is 12.8 Å². The molecule has 0 saturated heterocycles. The molecule has 0 heterocycles. The van der Waals surface area contributed by atoms with Crippen molar-refractivity contribution in [3.8, 4) is 0 Å². The van der Waals surface area contributed by atoms with Gasteiger partial charge in [-0.15, -0.1) is 0 Å². The van der Waals surface area contributed by atoms with Crippen LogP contribution in [0.1, 0.15) is 51.4 Å². The van der Waals surface area contributed by atoms with Gasteiger partial charge in [-0.2, -0.15) is 0 Å². The van der Waals surface area contributed by atoms with Crippen LogP contribution in [0.2, 0.25) is 0 Å². The SMILES string of the molecule is NC(=NCCCCCCN=C(N)NC1CC1)NC1CC1. The fourth-order valence-electron chi connectivity index (χ4n) is 1.94. The van der Waals surface area contributed by atoms with Gasteiger partial charge in [0.25, 0.3) is 0 Å². The van der Waals surface area contributed by atoms with Crippen LogP contribution in [-0.4, -0.2) is 37.1 Å². The van der Waals surface area contributed by atoms with Crippen LogP contribution < -0.4 is 22.1 Å². The molecule has 114 valence electrons. The molecule has 2 fully saturated rings. The van der Waals surface area contributed by atoms with Gasteiger partial charge in [-0.3, -0.25) is 9.98 Å². The van der Waals surface area contributed by atoms with Crippen molar-refractivity contribution in [1.29, 1.82) is 0 Å². The lowest BCUT2D eigenvalue weighted by Gasteiger charge is -2.04. The molecule has 20 heavy (non-hydrogen) atoms. The van der Waals surface area contributed by atoms with E-state index in [1.165, 1.54) is 38.5 Å². The number of nitrogens with zero attached hydrogens (tertiary/aromatic N) is 2. The second-order valence-corrected chi connectivity index (χ2v) is 5.79. The summed E-state index contributed by atoms with van der Waals surface area (Å²) in [4.78, 5) is 8.63. The number of nitrogens with one attached hydrogen (secondary N) is 2. The molecule has 0 atom stereocenters. The van der Waals surface area contributed by atoms with Crippen molar-refractivity contribution in [2.75, 3.05) is 13.1 Å². The van der Waals surface area contributed by atoms with E-state index in [1.807, 2.05) is 0 Å². The first-order valence-corrected chi connectivity index (χ1v) is 7.87. The first-order chi connectivity index (χ1) is 9.74. The number of guanidine groups is 2. The zero-order chi connectivity index (χ0) is 14.2. The zero-order valence-corrected chi connectivity index (χ0v) is 12.3. The maximum absolute atomic E-state index is 5.76. The number of rotatable bonds is 9. The van der Waals surface area contributed by atoms with Gasteiger partial charge >= 0.3 is 0 Å². The third-order valence-corrected chi connectivity index (χ3v) is 3.49. The van der Waals surface area contributed by atoms with E-state index in [-0.39, 0.29) is 0 Å². The molecule has 6 N–H and O–H groups in total. The van der Waals surface area contributed by atoms with Crippen molar-refractivity contribution in [3.05, 3.63) is 0 Å². The van der Waals surface area contributed by atoms with Gasteiger partial charge in [-0.25, -0.2) is 0 Å². The van der Waals surface area contributed by atoms with E-state index in [0.717, 1.165) is 25.9 Å². The normalized spacial score (nSPS) is 20.0. The topological polar surface area (TPSA) is 101 Å². The molecule has 0 aromatic rings. The number of nitrogens with two attached hydrogens (primary N) is 2. The Kier molecular flexibility index (Phi) is 5.95. The van der Waals surface area contributed by atoms with Gasteiger partial charge in [0.2, 0.25) is 0 Å². The van der Waals surface area contributed by atoms with E-state index in [2.05, 4.69) is 20.6 Å². The summed E-state index contributed by atoms with van der Waals surface area (Å²) < 4.78 is 0.